The molecular weight excluding hydrogens is 581 g/mol. The number of amides is 2. The molecule has 3 atom stereocenters. The molecule has 2 aliphatic rings. The number of nitrogens with zero attached hydrogens (tertiary/aromatic N) is 8. The minimum atomic E-state index is -1.07. The molecule has 4 heterocycles. The molecule has 3 aromatic heterocycles. The minimum Gasteiger partial charge on any atom is -0.436 e. The fraction of sp³-hybridized carbons (Fsp3) is 0.323. The summed E-state index contributed by atoms with van der Waals surface area (Å²) in [6.07, 6.45) is 0.729. The summed E-state index contributed by atoms with van der Waals surface area (Å²) in [4.78, 5) is 39.9. The zero-order chi connectivity index (χ0) is 30.9. The van der Waals surface area contributed by atoms with E-state index in [4.69, 9.17) is 4.42 Å². The van der Waals surface area contributed by atoms with Gasteiger partial charge in [-0.2, -0.15) is 4.80 Å². The fourth-order valence-electron chi connectivity index (χ4n) is 5.53. The predicted molar refractivity (Wildman–Crippen MR) is 160 cm³/mol. The molecule has 1 aliphatic heterocycles. The highest BCUT2D eigenvalue weighted by Gasteiger charge is 2.43. The number of nitrogens with one attached hydrogen (secondary N) is 1. The first-order valence-corrected chi connectivity index (χ1v) is 14.8. The standard InChI is InChI=1S/C31H30FN9O4/c32-23-18-22(23)29(43)34-21-6-7-26-24(17-21)35-30(45-26)20-8-9-33-25(16-20)31(44)40-12-10-39(11-13-40)27(19-4-2-1-3-5-19)28-36-38-41(37-28)14-15-42/h1-9,16-17,22-23,27,42H,10-15,18H2,(H,34,43)/t22-,23+,27-/m1/s1. The Kier molecular flexibility index (Phi) is 7.73. The van der Waals surface area contributed by atoms with Crippen LogP contribution in [-0.4, -0.2) is 95.9 Å². The molecule has 14 heteroatoms. The van der Waals surface area contributed by atoms with E-state index < -0.39 is 12.1 Å². The van der Waals surface area contributed by atoms with Crippen molar-refractivity contribution in [1.82, 2.24) is 40.0 Å². The first kappa shape index (κ1) is 28.7. The molecule has 7 rings (SSSR count). The van der Waals surface area contributed by atoms with Gasteiger partial charge < -0.3 is 19.7 Å². The molecule has 1 aliphatic carbocycles. The van der Waals surface area contributed by atoms with Crippen LogP contribution in [0.1, 0.15) is 34.3 Å². The number of carbonyl (C=O) groups excluding carboxylic acids is 2. The quantitative estimate of drug-likeness (QED) is 0.254. The van der Waals surface area contributed by atoms with Crippen LogP contribution < -0.4 is 5.32 Å². The van der Waals surface area contributed by atoms with Gasteiger partial charge in [0.25, 0.3) is 5.91 Å². The number of hydrogen-bond donors (Lipinski definition) is 2. The van der Waals surface area contributed by atoms with E-state index in [9.17, 15) is 19.1 Å². The zero-order valence-corrected chi connectivity index (χ0v) is 24.2. The molecule has 2 amide bonds. The van der Waals surface area contributed by atoms with E-state index in [2.05, 4.69) is 35.6 Å². The van der Waals surface area contributed by atoms with Crippen LogP contribution >= 0.6 is 0 Å². The molecule has 0 bridgehead atoms. The third-order valence-corrected chi connectivity index (χ3v) is 8.03. The van der Waals surface area contributed by atoms with Crippen molar-refractivity contribution in [3.63, 3.8) is 0 Å². The molecule has 2 aromatic carbocycles. The molecule has 0 radical (unpaired) electrons. The third-order valence-electron chi connectivity index (χ3n) is 8.03. The van der Waals surface area contributed by atoms with Crippen molar-refractivity contribution in [1.29, 1.82) is 0 Å². The predicted octanol–water partition coefficient (Wildman–Crippen LogP) is 2.71. The Balaban J connectivity index is 1.04. The van der Waals surface area contributed by atoms with Gasteiger partial charge in [0.15, 0.2) is 11.4 Å². The molecule has 0 unspecified atom stereocenters. The van der Waals surface area contributed by atoms with Crippen molar-refractivity contribution in [2.45, 2.75) is 25.2 Å². The SMILES string of the molecule is O=C(Nc1ccc2oc(-c3ccnc(C(=O)N4CCN([C@H](c5ccccc5)c5nnn(CCO)n5)CC4)c3)nc2c1)[C@@H]1C[C@@H]1F. The van der Waals surface area contributed by atoms with E-state index in [0.29, 0.717) is 60.2 Å². The number of piperazine rings is 1. The number of benzene rings is 2. The van der Waals surface area contributed by atoms with Crippen LogP contribution in [0, 0.1) is 5.92 Å². The number of oxazole rings is 1. The third kappa shape index (κ3) is 6.01. The van der Waals surface area contributed by atoms with E-state index in [1.54, 1.807) is 41.4 Å². The Hall–Kier alpha value is -5.08. The molecule has 1 saturated carbocycles. The number of pyridine rings is 1. The van der Waals surface area contributed by atoms with Gasteiger partial charge >= 0.3 is 0 Å². The second-order valence-corrected chi connectivity index (χ2v) is 11.1. The Morgan fingerprint density at radius 2 is 1.87 bits per heavy atom. The average molecular weight is 612 g/mol. The van der Waals surface area contributed by atoms with Crippen LogP contribution in [0.4, 0.5) is 10.1 Å². The van der Waals surface area contributed by atoms with Gasteiger partial charge in [0.2, 0.25) is 11.8 Å². The lowest BCUT2D eigenvalue weighted by molar-refractivity contribution is -0.117. The molecule has 0 spiro atoms. The van der Waals surface area contributed by atoms with Gasteiger partial charge in [-0.05, 0) is 47.5 Å². The number of halogens is 1. The normalized spacial score (nSPS) is 19.0. The van der Waals surface area contributed by atoms with E-state index in [-0.39, 0.29) is 43.1 Å². The Labute approximate surface area is 256 Å². The summed E-state index contributed by atoms with van der Waals surface area (Å²) in [5.41, 5.74) is 3.42. The Morgan fingerprint density at radius 3 is 2.62 bits per heavy atom. The highest BCUT2D eigenvalue weighted by molar-refractivity contribution is 5.96. The van der Waals surface area contributed by atoms with Gasteiger partial charge in [-0.15, -0.1) is 10.2 Å². The summed E-state index contributed by atoms with van der Waals surface area (Å²) in [6.45, 7) is 2.28. The highest BCUT2D eigenvalue weighted by atomic mass is 19.1. The van der Waals surface area contributed by atoms with Gasteiger partial charge in [-0.3, -0.25) is 19.5 Å². The number of rotatable bonds is 9. The molecule has 5 aromatic rings. The van der Waals surface area contributed by atoms with Gasteiger partial charge in [0, 0.05) is 43.6 Å². The van der Waals surface area contributed by atoms with E-state index in [0.717, 1.165) is 5.56 Å². The molecular formula is C31H30FN9O4. The first-order valence-electron chi connectivity index (χ1n) is 14.8. The van der Waals surface area contributed by atoms with Gasteiger partial charge in [0.05, 0.1) is 25.1 Å². The second-order valence-electron chi connectivity index (χ2n) is 11.1. The first-order chi connectivity index (χ1) is 22.0. The van der Waals surface area contributed by atoms with Crippen LogP contribution in [0.15, 0.2) is 71.3 Å². The topological polar surface area (TPSA) is 155 Å². The maximum atomic E-state index is 13.5. The smallest absolute Gasteiger partial charge is 0.272 e. The zero-order valence-electron chi connectivity index (χ0n) is 24.2. The highest BCUT2D eigenvalue weighted by Crippen LogP contribution is 2.35. The van der Waals surface area contributed by atoms with Gasteiger partial charge in [-0.1, -0.05) is 30.3 Å². The average Bonchev–Trinajstić information content (AvgIpc) is 3.41. The maximum Gasteiger partial charge on any atom is 0.272 e. The fourth-order valence-corrected chi connectivity index (χ4v) is 5.53. The monoisotopic (exact) mass is 611 g/mol. The summed E-state index contributed by atoms with van der Waals surface area (Å²) in [5, 5.41) is 24.8. The summed E-state index contributed by atoms with van der Waals surface area (Å²) in [6, 6.07) is 18.1. The number of hydrogen-bond acceptors (Lipinski definition) is 10. The number of fused-ring (bicyclic) bond motifs is 1. The summed E-state index contributed by atoms with van der Waals surface area (Å²) in [7, 11) is 0. The van der Waals surface area contributed by atoms with Crippen LogP contribution in [0.25, 0.3) is 22.6 Å². The van der Waals surface area contributed by atoms with Crippen molar-refractivity contribution in [3.05, 3.63) is 83.9 Å². The largest absolute Gasteiger partial charge is 0.436 e. The number of alkyl halides is 1. The van der Waals surface area contributed by atoms with Gasteiger partial charge in [0.1, 0.15) is 17.4 Å². The number of anilines is 1. The maximum absolute atomic E-state index is 13.5. The number of aromatic nitrogens is 6. The molecule has 1 saturated heterocycles. The van der Waals surface area contributed by atoms with Crippen molar-refractivity contribution < 1.29 is 23.5 Å². The molecule has 13 nitrogen and oxygen atoms in total. The van der Waals surface area contributed by atoms with Gasteiger partial charge in [-0.25, -0.2) is 9.37 Å². The number of carbonyl (C=O) groups is 2. The second kappa shape index (κ2) is 12.1. The van der Waals surface area contributed by atoms with Crippen LogP contribution in [0.2, 0.25) is 0 Å². The molecule has 230 valence electrons. The lowest BCUT2D eigenvalue weighted by Gasteiger charge is -2.38. The van der Waals surface area contributed by atoms with E-state index >= 15 is 0 Å². The van der Waals surface area contributed by atoms with Crippen molar-refractivity contribution >= 4 is 28.6 Å². The van der Waals surface area contributed by atoms with E-state index in [1.165, 1.54) is 4.80 Å². The lowest BCUT2D eigenvalue weighted by atomic mass is 10.0. The number of aliphatic hydroxyl groups is 1. The van der Waals surface area contributed by atoms with Crippen molar-refractivity contribution in [2.75, 3.05) is 38.1 Å². The van der Waals surface area contributed by atoms with Crippen LogP contribution in [0.5, 0.6) is 0 Å². The van der Waals surface area contributed by atoms with Crippen molar-refractivity contribution in [2.24, 2.45) is 5.92 Å². The van der Waals surface area contributed by atoms with Crippen LogP contribution in [-0.2, 0) is 11.3 Å². The van der Waals surface area contributed by atoms with E-state index in [1.807, 2.05) is 30.3 Å². The Morgan fingerprint density at radius 1 is 1.07 bits per heavy atom. The number of tetrazole rings is 1. The lowest BCUT2D eigenvalue weighted by Crippen LogP contribution is -2.50. The molecule has 2 fully saturated rings. The summed E-state index contributed by atoms with van der Waals surface area (Å²) >= 11 is 0. The summed E-state index contributed by atoms with van der Waals surface area (Å²) in [5.74, 6) is -0.291. The molecule has 2 N–H and O–H groups in total. The number of aliphatic hydroxyl groups excluding tert-OH is 1. The van der Waals surface area contributed by atoms with Crippen LogP contribution in [0.3, 0.4) is 0 Å². The Bertz CT molecular complexity index is 1840. The summed E-state index contributed by atoms with van der Waals surface area (Å²) < 4.78 is 19.2. The van der Waals surface area contributed by atoms with Crippen molar-refractivity contribution in [3.8, 4) is 11.5 Å². The molecule has 45 heavy (non-hydrogen) atoms. The minimum absolute atomic E-state index is 0.0852.